The number of carbonyl (C=O) groups is 2. The number of hydrogen-bond donors (Lipinski definition) is 2. The van der Waals surface area contributed by atoms with Gasteiger partial charge in [-0.2, -0.15) is 20.5 Å². The number of hydrogen-bond acceptors (Lipinski definition) is 5. The van der Waals surface area contributed by atoms with Gasteiger partial charge in [-0.3, -0.25) is 0 Å². The Morgan fingerprint density at radius 1 is 1.04 bits per heavy atom. The lowest BCUT2D eigenvalue weighted by Crippen LogP contribution is -2.36. The van der Waals surface area contributed by atoms with E-state index in [-0.39, 0.29) is 30.0 Å². The van der Waals surface area contributed by atoms with Gasteiger partial charge in [0.25, 0.3) is 0 Å². The predicted octanol–water partition coefficient (Wildman–Crippen LogP) is 2.84. The standard InChI is InChI=1S/C15H13F5N2O4S/c16-7-8(17)10(19)13(11(20)9(7)18)26-15(24)25-3-1-2-6-12-5(4-27-6)21-14(23)22-12/h5-6,12H,1-4H2,(H2,21,22,23). The number of thioether (sulfide) groups is 1. The Bertz CT molecular complexity index is 752. The van der Waals surface area contributed by atoms with Crippen molar-refractivity contribution >= 4 is 23.9 Å². The van der Waals surface area contributed by atoms with E-state index in [4.69, 9.17) is 0 Å². The molecule has 2 heterocycles. The van der Waals surface area contributed by atoms with Crippen molar-refractivity contribution in [3.63, 3.8) is 0 Å². The molecular formula is C15H13F5N2O4S. The van der Waals surface area contributed by atoms with Crippen molar-refractivity contribution in [3.05, 3.63) is 29.1 Å². The summed E-state index contributed by atoms with van der Waals surface area (Å²) in [6.07, 6.45) is -0.668. The fourth-order valence-corrected chi connectivity index (χ4v) is 4.41. The quantitative estimate of drug-likeness (QED) is 0.148. The zero-order valence-corrected chi connectivity index (χ0v) is 14.3. The summed E-state index contributed by atoms with van der Waals surface area (Å²) in [5.41, 5.74) is 0. The van der Waals surface area contributed by atoms with E-state index in [0.717, 1.165) is 5.75 Å². The normalized spacial score (nSPS) is 23.6. The van der Waals surface area contributed by atoms with Gasteiger partial charge in [0.15, 0.2) is 0 Å². The van der Waals surface area contributed by atoms with Crippen molar-refractivity contribution in [2.75, 3.05) is 12.4 Å². The van der Waals surface area contributed by atoms with Crippen LogP contribution in [0.25, 0.3) is 0 Å². The number of ether oxygens (including phenoxy) is 2. The molecule has 3 atom stereocenters. The Balaban J connectivity index is 1.48. The fraction of sp³-hybridized carbons (Fsp3) is 0.467. The van der Waals surface area contributed by atoms with E-state index in [2.05, 4.69) is 20.1 Å². The van der Waals surface area contributed by atoms with Crippen LogP contribution in [0.15, 0.2) is 0 Å². The van der Waals surface area contributed by atoms with E-state index in [0.29, 0.717) is 12.8 Å². The molecule has 148 valence electrons. The van der Waals surface area contributed by atoms with Crippen molar-refractivity contribution in [3.8, 4) is 5.75 Å². The number of urea groups is 1. The van der Waals surface area contributed by atoms with Crippen LogP contribution in [0.3, 0.4) is 0 Å². The summed E-state index contributed by atoms with van der Waals surface area (Å²) < 4.78 is 74.6. The Labute approximate surface area is 153 Å². The third-order valence-electron chi connectivity index (χ3n) is 4.15. The van der Waals surface area contributed by atoms with Gasteiger partial charge in [0, 0.05) is 11.0 Å². The molecule has 6 nitrogen and oxygen atoms in total. The van der Waals surface area contributed by atoms with Gasteiger partial charge in [0.1, 0.15) is 0 Å². The van der Waals surface area contributed by atoms with E-state index in [1.165, 1.54) is 0 Å². The Morgan fingerprint density at radius 3 is 2.33 bits per heavy atom. The molecule has 3 rings (SSSR count). The second-order valence-corrected chi connectivity index (χ2v) is 7.14. The number of benzene rings is 1. The lowest BCUT2D eigenvalue weighted by Gasteiger charge is -2.16. The Hall–Kier alpha value is -2.24. The van der Waals surface area contributed by atoms with Gasteiger partial charge in [0.2, 0.25) is 34.8 Å². The van der Waals surface area contributed by atoms with Gasteiger partial charge in [0.05, 0.1) is 18.7 Å². The summed E-state index contributed by atoms with van der Waals surface area (Å²) in [7, 11) is 0. The highest BCUT2D eigenvalue weighted by atomic mass is 32.2. The third kappa shape index (κ3) is 3.89. The van der Waals surface area contributed by atoms with Crippen molar-refractivity contribution in [2.45, 2.75) is 30.2 Å². The van der Waals surface area contributed by atoms with Crippen LogP contribution >= 0.6 is 11.8 Å². The summed E-state index contributed by atoms with van der Waals surface area (Å²) in [6.45, 7) is -0.190. The average molecular weight is 412 g/mol. The molecule has 27 heavy (non-hydrogen) atoms. The van der Waals surface area contributed by atoms with Crippen molar-refractivity contribution in [1.29, 1.82) is 0 Å². The molecule has 2 amide bonds. The number of rotatable bonds is 5. The summed E-state index contributed by atoms with van der Waals surface area (Å²) in [5, 5.41) is 5.66. The molecule has 2 aliphatic rings. The van der Waals surface area contributed by atoms with Crippen LogP contribution in [0.1, 0.15) is 12.8 Å². The first-order valence-electron chi connectivity index (χ1n) is 7.84. The summed E-state index contributed by atoms with van der Waals surface area (Å²) >= 11 is 1.64. The molecular weight excluding hydrogens is 399 g/mol. The van der Waals surface area contributed by atoms with E-state index < -0.39 is 41.0 Å². The molecule has 0 saturated carbocycles. The number of fused-ring (bicyclic) bond motifs is 1. The summed E-state index contributed by atoms with van der Waals surface area (Å²) in [4.78, 5) is 22.7. The first-order chi connectivity index (χ1) is 12.8. The van der Waals surface area contributed by atoms with Gasteiger partial charge in [-0.1, -0.05) is 0 Å². The van der Waals surface area contributed by atoms with Crippen LogP contribution < -0.4 is 15.4 Å². The van der Waals surface area contributed by atoms with Gasteiger partial charge >= 0.3 is 12.2 Å². The highest BCUT2D eigenvalue weighted by molar-refractivity contribution is 8.00. The van der Waals surface area contributed by atoms with E-state index in [9.17, 15) is 31.5 Å². The maximum atomic E-state index is 13.4. The lowest BCUT2D eigenvalue weighted by atomic mass is 10.1. The van der Waals surface area contributed by atoms with E-state index in [1.807, 2.05) is 0 Å². The van der Waals surface area contributed by atoms with Gasteiger partial charge in [-0.05, 0) is 12.8 Å². The molecule has 0 radical (unpaired) electrons. The average Bonchev–Trinajstić information content (AvgIpc) is 3.18. The molecule has 1 aromatic carbocycles. The van der Waals surface area contributed by atoms with Gasteiger partial charge in [-0.25, -0.2) is 22.8 Å². The molecule has 2 fully saturated rings. The summed E-state index contributed by atoms with van der Waals surface area (Å²) in [6, 6.07) is -0.242. The molecule has 0 aliphatic carbocycles. The minimum Gasteiger partial charge on any atom is -0.434 e. The van der Waals surface area contributed by atoms with Gasteiger partial charge in [-0.15, -0.1) is 0 Å². The van der Waals surface area contributed by atoms with E-state index >= 15 is 0 Å². The van der Waals surface area contributed by atoms with Crippen LogP contribution in [-0.4, -0.2) is 41.9 Å². The van der Waals surface area contributed by atoms with Crippen LogP contribution in [0.5, 0.6) is 5.75 Å². The van der Waals surface area contributed by atoms with Crippen LogP contribution in [0, 0.1) is 29.1 Å². The maximum Gasteiger partial charge on any atom is 0.514 e. The molecule has 1 aromatic rings. The highest BCUT2D eigenvalue weighted by Gasteiger charge is 2.42. The first kappa shape index (κ1) is 19.5. The number of halogens is 5. The van der Waals surface area contributed by atoms with Gasteiger partial charge < -0.3 is 20.1 Å². The Kier molecular flexibility index (Phi) is 5.63. The van der Waals surface area contributed by atoms with Crippen LogP contribution in [0.4, 0.5) is 31.5 Å². The van der Waals surface area contributed by atoms with Crippen molar-refractivity contribution < 1.29 is 41.0 Å². The SMILES string of the molecule is O=C1NC2CSC(CCCOC(=O)Oc3c(F)c(F)c(F)c(F)c3F)C2N1. The second kappa shape index (κ2) is 7.79. The summed E-state index contributed by atoms with van der Waals surface area (Å²) in [5.74, 6) is -12.3. The smallest absolute Gasteiger partial charge is 0.434 e. The number of carbonyl (C=O) groups excluding carboxylic acids is 2. The number of nitrogens with one attached hydrogen (secondary N) is 2. The molecule has 3 unspecified atom stereocenters. The van der Waals surface area contributed by atoms with E-state index in [1.54, 1.807) is 11.8 Å². The monoisotopic (exact) mass is 412 g/mol. The van der Waals surface area contributed by atoms with Crippen LogP contribution in [-0.2, 0) is 4.74 Å². The predicted molar refractivity (Wildman–Crippen MR) is 82.9 cm³/mol. The molecule has 0 bridgehead atoms. The highest BCUT2D eigenvalue weighted by Crippen LogP contribution is 2.33. The topological polar surface area (TPSA) is 76.7 Å². The van der Waals surface area contributed by atoms with Crippen LogP contribution in [0.2, 0.25) is 0 Å². The fourth-order valence-electron chi connectivity index (χ4n) is 2.87. The Morgan fingerprint density at radius 2 is 1.67 bits per heavy atom. The van der Waals surface area contributed by atoms with Crippen molar-refractivity contribution in [1.82, 2.24) is 10.6 Å². The zero-order chi connectivity index (χ0) is 19.7. The molecule has 2 N–H and O–H groups in total. The molecule has 0 spiro atoms. The maximum absolute atomic E-state index is 13.4. The molecule has 0 aromatic heterocycles. The minimum absolute atomic E-state index is 0.0348. The first-order valence-corrected chi connectivity index (χ1v) is 8.89. The molecule has 12 heteroatoms. The number of amides is 2. The molecule has 2 aliphatic heterocycles. The second-order valence-electron chi connectivity index (χ2n) is 5.86. The lowest BCUT2D eigenvalue weighted by molar-refractivity contribution is 0.0932. The minimum atomic E-state index is -2.36. The third-order valence-corrected chi connectivity index (χ3v) is 5.65. The zero-order valence-electron chi connectivity index (χ0n) is 13.5. The molecule has 2 saturated heterocycles. The largest absolute Gasteiger partial charge is 0.514 e. The van der Waals surface area contributed by atoms with Crippen molar-refractivity contribution in [2.24, 2.45) is 0 Å².